The van der Waals surface area contributed by atoms with Crippen LogP contribution in [0.2, 0.25) is 0 Å². The SMILES string of the molecule is COCCN(CC(=O)Nc1ccc2c(c1)OCCO2)S(C)(=O)=O. The van der Waals surface area contributed by atoms with Crippen LogP contribution in [-0.2, 0) is 19.6 Å². The van der Waals surface area contributed by atoms with Crippen molar-refractivity contribution in [3.63, 3.8) is 0 Å². The van der Waals surface area contributed by atoms with Crippen LogP contribution in [0.3, 0.4) is 0 Å². The van der Waals surface area contributed by atoms with E-state index in [0.717, 1.165) is 10.6 Å². The molecule has 0 saturated heterocycles. The number of fused-ring (bicyclic) bond motifs is 1. The lowest BCUT2D eigenvalue weighted by Crippen LogP contribution is -2.39. The standard InChI is InChI=1S/C14H20N2O6S/c1-20-6-5-16(23(2,18)19)10-14(17)15-11-3-4-12-13(9-11)22-8-7-21-12/h3-4,9H,5-8,10H2,1-2H3,(H,15,17). The fourth-order valence-corrected chi connectivity index (χ4v) is 2.79. The maximum absolute atomic E-state index is 12.1. The number of nitrogens with zero attached hydrogens (tertiary/aromatic N) is 1. The molecule has 1 aliphatic heterocycles. The van der Waals surface area contributed by atoms with Crippen LogP contribution in [0.25, 0.3) is 0 Å². The molecule has 0 unspecified atom stereocenters. The minimum Gasteiger partial charge on any atom is -0.486 e. The molecule has 0 radical (unpaired) electrons. The number of anilines is 1. The van der Waals surface area contributed by atoms with Crippen molar-refractivity contribution < 1.29 is 27.4 Å². The molecule has 1 N–H and O–H groups in total. The summed E-state index contributed by atoms with van der Waals surface area (Å²) >= 11 is 0. The molecule has 0 saturated carbocycles. The molecule has 0 aliphatic carbocycles. The van der Waals surface area contributed by atoms with Gasteiger partial charge in [-0.1, -0.05) is 0 Å². The van der Waals surface area contributed by atoms with Crippen LogP contribution in [0.1, 0.15) is 0 Å². The predicted molar refractivity (Wildman–Crippen MR) is 84.4 cm³/mol. The Kier molecular flexibility index (Phi) is 5.80. The third-order valence-corrected chi connectivity index (χ3v) is 4.41. The topological polar surface area (TPSA) is 94.2 Å². The molecule has 8 nitrogen and oxygen atoms in total. The van der Waals surface area contributed by atoms with Gasteiger partial charge in [-0.25, -0.2) is 8.42 Å². The first-order valence-electron chi connectivity index (χ1n) is 7.03. The van der Waals surface area contributed by atoms with Gasteiger partial charge in [-0.2, -0.15) is 4.31 Å². The molecular weight excluding hydrogens is 324 g/mol. The number of hydrogen-bond acceptors (Lipinski definition) is 6. The minimum absolute atomic E-state index is 0.115. The zero-order valence-corrected chi connectivity index (χ0v) is 13.9. The first kappa shape index (κ1) is 17.5. The maximum Gasteiger partial charge on any atom is 0.239 e. The summed E-state index contributed by atoms with van der Waals surface area (Å²) in [4.78, 5) is 12.1. The van der Waals surface area contributed by atoms with Crippen molar-refractivity contribution in [3.05, 3.63) is 18.2 Å². The van der Waals surface area contributed by atoms with E-state index >= 15 is 0 Å². The van der Waals surface area contributed by atoms with E-state index in [0.29, 0.717) is 30.4 Å². The van der Waals surface area contributed by atoms with Crippen LogP contribution in [0.4, 0.5) is 5.69 Å². The summed E-state index contributed by atoms with van der Waals surface area (Å²) in [6.45, 7) is 0.982. The van der Waals surface area contributed by atoms with E-state index in [1.807, 2.05) is 0 Å². The second kappa shape index (κ2) is 7.62. The Morgan fingerprint density at radius 3 is 2.65 bits per heavy atom. The van der Waals surface area contributed by atoms with Crippen molar-refractivity contribution in [3.8, 4) is 11.5 Å². The van der Waals surface area contributed by atoms with Crippen LogP contribution in [-0.4, -0.2) is 64.9 Å². The van der Waals surface area contributed by atoms with E-state index in [2.05, 4.69) is 5.32 Å². The average Bonchev–Trinajstić information content (AvgIpc) is 2.50. The van der Waals surface area contributed by atoms with Crippen LogP contribution in [0.5, 0.6) is 11.5 Å². The summed E-state index contributed by atoms with van der Waals surface area (Å²) < 4.78 is 40.1. The number of rotatable bonds is 7. The lowest BCUT2D eigenvalue weighted by molar-refractivity contribution is -0.116. The molecule has 2 rings (SSSR count). The van der Waals surface area contributed by atoms with E-state index in [4.69, 9.17) is 14.2 Å². The van der Waals surface area contributed by atoms with Crippen molar-refractivity contribution >= 4 is 21.6 Å². The highest BCUT2D eigenvalue weighted by Gasteiger charge is 2.20. The summed E-state index contributed by atoms with van der Waals surface area (Å²) in [5.74, 6) is 0.726. The number of sulfonamides is 1. The Morgan fingerprint density at radius 2 is 2.00 bits per heavy atom. The van der Waals surface area contributed by atoms with Gasteiger partial charge in [0.25, 0.3) is 0 Å². The maximum atomic E-state index is 12.1. The van der Waals surface area contributed by atoms with Gasteiger partial charge in [0.1, 0.15) is 13.2 Å². The molecule has 1 aliphatic rings. The molecule has 23 heavy (non-hydrogen) atoms. The third-order valence-electron chi connectivity index (χ3n) is 3.16. The van der Waals surface area contributed by atoms with Crippen molar-refractivity contribution in [1.29, 1.82) is 0 Å². The summed E-state index contributed by atoms with van der Waals surface area (Å²) in [5, 5.41) is 2.65. The van der Waals surface area contributed by atoms with Crippen LogP contribution < -0.4 is 14.8 Å². The highest BCUT2D eigenvalue weighted by Crippen LogP contribution is 2.32. The molecule has 0 atom stereocenters. The van der Waals surface area contributed by atoms with Gasteiger partial charge >= 0.3 is 0 Å². The highest BCUT2D eigenvalue weighted by atomic mass is 32.2. The van der Waals surface area contributed by atoms with Crippen molar-refractivity contribution in [2.24, 2.45) is 0 Å². The van der Waals surface area contributed by atoms with E-state index < -0.39 is 15.9 Å². The number of carbonyl (C=O) groups excluding carboxylic acids is 1. The van der Waals surface area contributed by atoms with Gasteiger partial charge in [0.15, 0.2) is 11.5 Å². The molecule has 0 spiro atoms. The Bertz CT molecular complexity index is 661. The number of carbonyl (C=O) groups is 1. The second-order valence-corrected chi connectivity index (χ2v) is 6.98. The molecule has 9 heteroatoms. The minimum atomic E-state index is -3.49. The van der Waals surface area contributed by atoms with Gasteiger partial charge < -0.3 is 19.5 Å². The normalized spacial score (nSPS) is 13.9. The van der Waals surface area contributed by atoms with Crippen LogP contribution in [0, 0.1) is 0 Å². The molecule has 1 aromatic rings. The predicted octanol–water partition coefficient (Wildman–Crippen LogP) is 0.304. The monoisotopic (exact) mass is 344 g/mol. The number of amides is 1. The fraction of sp³-hybridized carbons (Fsp3) is 0.500. The lowest BCUT2D eigenvalue weighted by Gasteiger charge is -2.20. The van der Waals surface area contributed by atoms with Gasteiger partial charge in [-0.15, -0.1) is 0 Å². The Balaban J connectivity index is 2.00. The van der Waals surface area contributed by atoms with E-state index in [9.17, 15) is 13.2 Å². The number of nitrogens with one attached hydrogen (secondary N) is 1. The lowest BCUT2D eigenvalue weighted by atomic mass is 10.2. The molecular formula is C14H20N2O6S. The smallest absolute Gasteiger partial charge is 0.239 e. The highest BCUT2D eigenvalue weighted by molar-refractivity contribution is 7.88. The summed E-state index contributed by atoms with van der Waals surface area (Å²) in [6, 6.07) is 5.01. The number of methoxy groups -OCH3 is 1. The van der Waals surface area contributed by atoms with Gasteiger partial charge in [-0.3, -0.25) is 4.79 Å². The van der Waals surface area contributed by atoms with Gasteiger partial charge in [0.2, 0.25) is 15.9 Å². The number of hydrogen-bond donors (Lipinski definition) is 1. The van der Waals surface area contributed by atoms with Crippen molar-refractivity contribution in [1.82, 2.24) is 4.31 Å². The third kappa shape index (κ3) is 5.08. The molecule has 1 amide bonds. The largest absolute Gasteiger partial charge is 0.486 e. The van der Waals surface area contributed by atoms with Crippen molar-refractivity contribution in [2.45, 2.75) is 0 Å². The molecule has 128 valence electrons. The summed E-state index contributed by atoms with van der Waals surface area (Å²) in [6.07, 6.45) is 1.06. The Labute approximate surface area is 135 Å². The van der Waals surface area contributed by atoms with Crippen LogP contribution >= 0.6 is 0 Å². The second-order valence-electron chi connectivity index (χ2n) is 5.00. The zero-order chi connectivity index (χ0) is 16.9. The average molecular weight is 344 g/mol. The van der Waals surface area contributed by atoms with Gasteiger partial charge in [-0.05, 0) is 12.1 Å². The van der Waals surface area contributed by atoms with Gasteiger partial charge in [0, 0.05) is 25.4 Å². The quantitative estimate of drug-likeness (QED) is 0.765. The summed E-state index contributed by atoms with van der Waals surface area (Å²) in [5.41, 5.74) is 0.513. The van der Waals surface area contributed by atoms with Gasteiger partial charge in [0.05, 0.1) is 19.4 Å². The first-order chi connectivity index (χ1) is 10.9. The number of ether oxygens (including phenoxy) is 3. The summed E-state index contributed by atoms with van der Waals surface area (Å²) in [7, 11) is -2.02. The first-order valence-corrected chi connectivity index (χ1v) is 8.88. The van der Waals surface area contributed by atoms with E-state index in [-0.39, 0.29) is 19.7 Å². The molecule has 1 heterocycles. The van der Waals surface area contributed by atoms with E-state index in [1.165, 1.54) is 7.11 Å². The molecule has 1 aromatic carbocycles. The zero-order valence-electron chi connectivity index (χ0n) is 13.1. The van der Waals surface area contributed by atoms with Crippen LogP contribution in [0.15, 0.2) is 18.2 Å². The fourth-order valence-electron chi connectivity index (χ4n) is 2.04. The molecule has 0 fully saturated rings. The molecule has 0 bridgehead atoms. The Hall–Kier alpha value is -1.84. The van der Waals surface area contributed by atoms with Crippen molar-refractivity contribution in [2.75, 3.05) is 51.6 Å². The number of benzene rings is 1. The molecule has 0 aromatic heterocycles. The van der Waals surface area contributed by atoms with E-state index in [1.54, 1.807) is 18.2 Å². The Morgan fingerprint density at radius 1 is 1.30 bits per heavy atom.